The minimum Gasteiger partial charge on any atom is -0.456 e. The minimum absolute atomic E-state index is 0.219. The predicted molar refractivity (Wildman–Crippen MR) is 205 cm³/mol. The summed E-state index contributed by atoms with van der Waals surface area (Å²) in [4.78, 5) is 5.29. The molecule has 1 aliphatic heterocycles. The molecule has 3 heteroatoms. The first-order valence-corrected chi connectivity index (χ1v) is 16.7. The lowest BCUT2D eigenvalue weighted by Crippen LogP contribution is -2.24. The van der Waals surface area contributed by atoms with Gasteiger partial charge in [-0.2, -0.15) is 0 Å². The molecule has 0 radical (unpaired) electrons. The van der Waals surface area contributed by atoms with Crippen molar-refractivity contribution in [3.05, 3.63) is 187 Å². The molecule has 0 aliphatic carbocycles. The summed E-state index contributed by atoms with van der Waals surface area (Å²) in [5.41, 5.74) is 9.31. The number of rotatable bonds is 4. The highest BCUT2D eigenvalue weighted by molar-refractivity contribution is 6.26. The highest BCUT2D eigenvalue weighted by atomic mass is 16.3. The van der Waals surface area contributed by atoms with Crippen LogP contribution in [0, 0.1) is 0 Å². The van der Waals surface area contributed by atoms with Crippen molar-refractivity contribution in [3.63, 3.8) is 0 Å². The molecule has 0 saturated carbocycles. The molecule has 1 unspecified atom stereocenters. The van der Waals surface area contributed by atoms with E-state index < -0.39 is 0 Å². The molecule has 0 saturated heterocycles. The maximum absolute atomic E-state index is 6.48. The third-order valence-corrected chi connectivity index (χ3v) is 9.89. The molecular weight excluding hydrogens is 597 g/mol. The molecule has 8 aromatic carbocycles. The molecule has 49 heavy (non-hydrogen) atoms. The van der Waals surface area contributed by atoms with E-state index in [9.17, 15) is 0 Å². The average Bonchev–Trinajstić information content (AvgIpc) is 3.57. The Kier molecular flexibility index (Phi) is 6.25. The van der Waals surface area contributed by atoms with Crippen LogP contribution in [-0.4, -0.2) is 5.71 Å². The fourth-order valence-corrected chi connectivity index (χ4v) is 7.57. The van der Waals surface area contributed by atoms with Crippen molar-refractivity contribution < 1.29 is 4.42 Å². The molecule has 0 amide bonds. The van der Waals surface area contributed by atoms with Crippen LogP contribution in [-0.2, 0) is 0 Å². The van der Waals surface area contributed by atoms with Crippen LogP contribution in [0.4, 0.5) is 0 Å². The van der Waals surface area contributed by atoms with Crippen molar-refractivity contribution in [2.75, 3.05) is 0 Å². The van der Waals surface area contributed by atoms with E-state index in [1.807, 2.05) is 12.1 Å². The van der Waals surface area contributed by atoms with Gasteiger partial charge in [0.05, 0.1) is 5.71 Å². The Labute approximate surface area is 283 Å². The Morgan fingerprint density at radius 1 is 0.449 bits per heavy atom. The minimum atomic E-state index is -0.219. The highest BCUT2D eigenvalue weighted by Gasteiger charge is 2.22. The normalized spacial score (nSPS) is 14.7. The van der Waals surface area contributed by atoms with Gasteiger partial charge in [-0.15, -0.1) is 0 Å². The number of furan rings is 1. The van der Waals surface area contributed by atoms with Gasteiger partial charge in [-0.05, 0) is 84.9 Å². The second kappa shape index (κ2) is 11.1. The van der Waals surface area contributed by atoms with Crippen molar-refractivity contribution >= 4 is 65.7 Å². The van der Waals surface area contributed by atoms with Crippen LogP contribution in [0.5, 0.6) is 0 Å². The molecule has 1 aliphatic rings. The van der Waals surface area contributed by atoms with Gasteiger partial charge in [0, 0.05) is 22.0 Å². The zero-order valence-corrected chi connectivity index (χ0v) is 26.6. The first kappa shape index (κ1) is 27.6. The Bertz CT molecular complexity index is 2760. The SMILES string of the molecule is C1=C(c2ccccc2)NC(c2ccccc2)N=C1c1cccc2oc3ccc(-c4ccc5c6ccccc6c6ccccc6c5c4)cc3c12. The fraction of sp³-hybridized carbons (Fsp3) is 0.0217. The predicted octanol–water partition coefficient (Wildman–Crippen LogP) is 11.8. The molecule has 0 fully saturated rings. The Morgan fingerprint density at radius 3 is 1.76 bits per heavy atom. The zero-order valence-electron chi connectivity index (χ0n) is 26.6. The van der Waals surface area contributed by atoms with E-state index in [4.69, 9.17) is 9.41 Å². The standard InChI is InChI=1S/C46H30N2O/c1-3-12-29(13-4-1)41-28-42(48-46(47-41)30-14-5-2-6-15-30)38-20-11-21-44-45(38)40-27-32(23-25-43(40)49-44)31-22-24-37-35-18-8-7-16-33(35)34-17-9-10-19-36(34)39(37)26-31/h1-28,46-47H. The first-order valence-electron chi connectivity index (χ1n) is 16.7. The Hall–Kier alpha value is -6.45. The zero-order chi connectivity index (χ0) is 32.3. The van der Waals surface area contributed by atoms with Crippen LogP contribution in [0.2, 0.25) is 0 Å². The van der Waals surface area contributed by atoms with Gasteiger partial charge in [0.2, 0.25) is 0 Å². The van der Waals surface area contributed by atoms with Gasteiger partial charge in [-0.25, -0.2) is 0 Å². The summed E-state index contributed by atoms with van der Waals surface area (Å²) in [7, 11) is 0. The monoisotopic (exact) mass is 626 g/mol. The lowest BCUT2D eigenvalue weighted by Gasteiger charge is -2.25. The van der Waals surface area contributed by atoms with E-state index in [0.717, 1.165) is 55.6 Å². The summed E-state index contributed by atoms with van der Waals surface area (Å²) in [5, 5.41) is 13.5. The van der Waals surface area contributed by atoms with E-state index in [0.29, 0.717) is 0 Å². The van der Waals surface area contributed by atoms with Gasteiger partial charge in [0.15, 0.2) is 0 Å². The molecule has 1 atom stereocenters. The smallest absolute Gasteiger partial charge is 0.145 e. The fourth-order valence-electron chi connectivity index (χ4n) is 7.57. The maximum atomic E-state index is 6.48. The topological polar surface area (TPSA) is 37.5 Å². The summed E-state index contributed by atoms with van der Waals surface area (Å²) in [6.07, 6.45) is 1.95. The molecule has 0 spiro atoms. The summed E-state index contributed by atoms with van der Waals surface area (Å²) < 4.78 is 6.48. The van der Waals surface area contributed by atoms with Crippen LogP contribution in [0.15, 0.2) is 179 Å². The number of nitrogens with one attached hydrogen (secondary N) is 1. The number of fused-ring (bicyclic) bond motifs is 9. The lowest BCUT2D eigenvalue weighted by atomic mass is 9.91. The quantitative estimate of drug-likeness (QED) is 0.197. The number of benzene rings is 8. The van der Waals surface area contributed by atoms with Crippen molar-refractivity contribution in [1.82, 2.24) is 5.32 Å². The molecule has 10 rings (SSSR count). The van der Waals surface area contributed by atoms with Crippen molar-refractivity contribution in [2.24, 2.45) is 4.99 Å². The van der Waals surface area contributed by atoms with Gasteiger partial charge in [-0.3, -0.25) is 4.99 Å². The van der Waals surface area contributed by atoms with E-state index in [-0.39, 0.29) is 6.17 Å². The van der Waals surface area contributed by atoms with Gasteiger partial charge < -0.3 is 9.73 Å². The van der Waals surface area contributed by atoms with Crippen molar-refractivity contribution in [3.8, 4) is 11.1 Å². The first-order chi connectivity index (χ1) is 24.3. The summed E-state index contributed by atoms with van der Waals surface area (Å²) in [6.45, 7) is 0. The molecule has 2 heterocycles. The third kappa shape index (κ3) is 4.55. The van der Waals surface area contributed by atoms with E-state index in [1.165, 1.54) is 37.9 Å². The molecule has 9 aromatic rings. The van der Waals surface area contributed by atoms with Gasteiger partial charge in [-0.1, -0.05) is 140 Å². The van der Waals surface area contributed by atoms with E-state index in [1.54, 1.807) is 0 Å². The van der Waals surface area contributed by atoms with Gasteiger partial charge in [0.1, 0.15) is 17.3 Å². The van der Waals surface area contributed by atoms with Gasteiger partial charge >= 0.3 is 0 Å². The Morgan fingerprint density at radius 2 is 1.04 bits per heavy atom. The highest BCUT2D eigenvalue weighted by Crippen LogP contribution is 2.40. The number of hydrogen-bond donors (Lipinski definition) is 1. The van der Waals surface area contributed by atoms with Gasteiger partial charge in [0.25, 0.3) is 0 Å². The second-order valence-electron chi connectivity index (χ2n) is 12.7. The lowest BCUT2D eigenvalue weighted by molar-refractivity contribution is 0.663. The summed E-state index contributed by atoms with van der Waals surface area (Å²) in [6, 6.07) is 58.1. The van der Waals surface area contributed by atoms with Crippen LogP contribution >= 0.6 is 0 Å². The number of aliphatic imine (C=N–C) groups is 1. The summed E-state index contributed by atoms with van der Waals surface area (Å²) in [5.74, 6) is 0. The maximum Gasteiger partial charge on any atom is 0.145 e. The second-order valence-corrected chi connectivity index (χ2v) is 12.7. The van der Waals surface area contributed by atoms with Crippen molar-refractivity contribution in [1.29, 1.82) is 0 Å². The average molecular weight is 627 g/mol. The molecular formula is C46H30N2O. The number of nitrogens with zero attached hydrogens (tertiary/aromatic N) is 1. The van der Waals surface area contributed by atoms with Crippen LogP contribution in [0.3, 0.4) is 0 Å². The molecule has 1 aromatic heterocycles. The Balaban J connectivity index is 1.16. The molecule has 3 nitrogen and oxygen atoms in total. The van der Waals surface area contributed by atoms with Crippen molar-refractivity contribution in [2.45, 2.75) is 6.17 Å². The third-order valence-electron chi connectivity index (χ3n) is 9.89. The molecule has 1 N–H and O–H groups in total. The largest absolute Gasteiger partial charge is 0.456 e. The van der Waals surface area contributed by atoms with Crippen LogP contribution in [0.25, 0.3) is 71.1 Å². The van der Waals surface area contributed by atoms with E-state index in [2.05, 4.69) is 163 Å². The van der Waals surface area contributed by atoms with Crippen LogP contribution in [0.1, 0.15) is 22.9 Å². The summed E-state index contributed by atoms with van der Waals surface area (Å²) >= 11 is 0. The number of hydrogen-bond acceptors (Lipinski definition) is 3. The molecule has 230 valence electrons. The number of allylic oxidation sites excluding steroid dienone is 1. The van der Waals surface area contributed by atoms with E-state index >= 15 is 0 Å². The molecule has 0 bridgehead atoms. The van der Waals surface area contributed by atoms with Crippen LogP contribution < -0.4 is 5.32 Å².